The highest BCUT2D eigenvalue weighted by Crippen LogP contribution is 2.43. The normalized spacial score (nSPS) is 31.8. The average Bonchev–Trinajstić information content (AvgIpc) is 3.28. The lowest BCUT2D eigenvalue weighted by molar-refractivity contribution is -0.353. The number of phenols is 4. The van der Waals surface area contributed by atoms with Gasteiger partial charge in [0.25, 0.3) is 0 Å². The molecule has 0 saturated carbocycles. The first-order chi connectivity index (χ1) is 30.9. The van der Waals surface area contributed by atoms with Gasteiger partial charge in [-0.15, -0.1) is 0 Å². The molecule has 0 amide bonds. The molecular weight excluding hydrogens is 872 g/mol. The Labute approximate surface area is 366 Å². The SMILES string of the molecule is COc1cc(C=CC(=O)OC[C@H]2O[C@@H](OC[C@H]3O[C@@H](Oc4cc5c(O)cc(=O)cc-5oc4-c4ccc(O)c(O)c4)[C@H](O[C@H]4OC[C@H](O)[C@@H](O)[C@H]4O)[C@@H](O)[C@@H]3O)[C@H](O)[C@@H](O)[C@@H]2O)ccc1O. The van der Waals surface area contributed by atoms with Crippen LogP contribution in [0.15, 0.2) is 69.9 Å². The molecule has 2 aromatic rings. The van der Waals surface area contributed by atoms with Gasteiger partial charge < -0.3 is 104 Å². The predicted molar refractivity (Wildman–Crippen MR) is 213 cm³/mol. The molecule has 1 aliphatic carbocycles. The van der Waals surface area contributed by atoms with Crippen molar-refractivity contribution in [3.05, 3.63) is 76.5 Å². The maximum Gasteiger partial charge on any atom is 0.330 e. The summed E-state index contributed by atoms with van der Waals surface area (Å²) < 4.78 is 50.9. The summed E-state index contributed by atoms with van der Waals surface area (Å²) >= 11 is 0. The van der Waals surface area contributed by atoms with Crippen molar-refractivity contribution in [2.24, 2.45) is 0 Å². The van der Waals surface area contributed by atoms with E-state index < -0.39 is 134 Å². The molecule has 4 heterocycles. The first-order valence-corrected chi connectivity index (χ1v) is 19.8. The van der Waals surface area contributed by atoms with Gasteiger partial charge in [-0.1, -0.05) is 6.07 Å². The molecule has 352 valence electrons. The van der Waals surface area contributed by atoms with E-state index in [4.69, 9.17) is 42.3 Å². The molecule has 5 aliphatic rings. The zero-order valence-electron chi connectivity index (χ0n) is 33.9. The summed E-state index contributed by atoms with van der Waals surface area (Å²) in [5, 5.41) is 127. The van der Waals surface area contributed by atoms with Gasteiger partial charge in [-0.25, -0.2) is 4.79 Å². The lowest BCUT2D eigenvalue weighted by atomic mass is 9.97. The minimum atomic E-state index is -2.04. The Bertz CT molecular complexity index is 2350. The van der Waals surface area contributed by atoms with Crippen LogP contribution in [0.2, 0.25) is 0 Å². The van der Waals surface area contributed by atoms with E-state index >= 15 is 0 Å². The van der Waals surface area contributed by atoms with E-state index in [1.807, 2.05) is 0 Å². The number of methoxy groups -OCH3 is 1. The molecule has 23 nitrogen and oxygen atoms in total. The molecule has 0 unspecified atom stereocenters. The van der Waals surface area contributed by atoms with E-state index in [9.17, 15) is 70.9 Å². The van der Waals surface area contributed by atoms with Crippen LogP contribution in [0.4, 0.5) is 0 Å². The molecule has 0 radical (unpaired) electrons. The lowest BCUT2D eigenvalue weighted by Crippen LogP contribution is -2.64. The fourth-order valence-corrected chi connectivity index (χ4v) is 7.15. The number of carbonyl (C=O) groups excluding carboxylic acids is 1. The van der Waals surface area contributed by atoms with E-state index in [0.29, 0.717) is 5.56 Å². The number of aromatic hydroxyl groups is 4. The molecule has 3 fully saturated rings. The van der Waals surface area contributed by atoms with Gasteiger partial charge in [0.15, 0.2) is 58.6 Å². The van der Waals surface area contributed by atoms with Gasteiger partial charge in [-0.3, -0.25) is 4.79 Å². The van der Waals surface area contributed by atoms with Crippen molar-refractivity contribution in [2.75, 3.05) is 26.9 Å². The molecule has 0 spiro atoms. The number of fused-ring (bicyclic) bond motifs is 1. The lowest BCUT2D eigenvalue weighted by Gasteiger charge is -2.45. The van der Waals surface area contributed by atoms with Gasteiger partial charge in [0.05, 0.1) is 25.9 Å². The molecule has 23 heteroatoms. The average molecular weight is 919 g/mol. The maximum atomic E-state index is 12.5. The topological polar surface area (TPSA) is 364 Å². The quantitative estimate of drug-likeness (QED) is 0.0391. The molecule has 65 heavy (non-hydrogen) atoms. The molecule has 3 saturated heterocycles. The monoisotopic (exact) mass is 918 g/mol. The number of hydrogen-bond donors (Lipinski definition) is 12. The smallest absolute Gasteiger partial charge is 0.330 e. The number of ether oxygens (including phenoxy) is 8. The van der Waals surface area contributed by atoms with Crippen molar-refractivity contribution < 1.29 is 108 Å². The van der Waals surface area contributed by atoms with E-state index in [1.165, 1.54) is 43.5 Å². The number of hydrogen-bond acceptors (Lipinski definition) is 23. The van der Waals surface area contributed by atoms with Crippen molar-refractivity contribution in [1.29, 1.82) is 0 Å². The van der Waals surface area contributed by atoms with Crippen LogP contribution in [0.1, 0.15) is 5.56 Å². The van der Waals surface area contributed by atoms with Crippen LogP contribution in [-0.4, -0.2) is 180 Å². The Morgan fingerprint density at radius 3 is 2.12 bits per heavy atom. The number of phenolic OH excluding ortho intramolecular Hbond substituents is 4. The van der Waals surface area contributed by atoms with E-state index in [-0.39, 0.29) is 39.9 Å². The largest absolute Gasteiger partial charge is 0.507 e. The maximum absolute atomic E-state index is 12.5. The number of aliphatic hydroxyl groups is 8. The number of rotatable bonds is 13. The summed E-state index contributed by atoms with van der Waals surface area (Å²) in [5.74, 6) is -3.30. The van der Waals surface area contributed by atoms with Crippen LogP contribution in [0, 0.1) is 0 Å². The van der Waals surface area contributed by atoms with E-state index in [0.717, 1.165) is 30.3 Å². The molecule has 4 aliphatic heterocycles. The third kappa shape index (κ3) is 10.3. The number of aliphatic hydroxyl groups excluding tert-OH is 8. The van der Waals surface area contributed by atoms with Crippen molar-refractivity contribution in [3.63, 3.8) is 0 Å². The third-order valence-corrected chi connectivity index (χ3v) is 10.8. The highest BCUT2D eigenvalue weighted by atomic mass is 16.8. The van der Waals surface area contributed by atoms with Crippen molar-refractivity contribution in [2.45, 2.75) is 86.0 Å². The molecule has 14 atom stereocenters. The van der Waals surface area contributed by atoms with Crippen LogP contribution in [-0.2, 0) is 33.2 Å². The number of esters is 1. The van der Waals surface area contributed by atoms with Crippen molar-refractivity contribution >= 4 is 12.0 Å². The zero-order valence-corrected chi connectivity index (χ0v) is 33.9. The first kappa shape index (κ1) is 47.3. The highest BCUT2D eigenvalue weighted by molar-refractivity contribution is 5.87. The summed E-state index contributed by atoms with van der Waals surface area (Å²) in [6.45, 7) is -1.97. The van der Waals surface area contributed by atoms with Gasteiger partial charge in [0, 0.05) is 23.8 Å². The summed E-state index contributed by atoms with van der Waals surface area (Å²) in [7, 11) is 1.34. The van der Waals surface area contributed by atoms with Gasteiger partial charge in [-0.05, 0) is 48.0 Å². The highest BCUT2D eigenvalue weighted by Gasteiger charge is 2.52. The zero-order chi connectivity index (χ0) is 46.9. The van der Waals surface area contributed by atoms with Gasteiger partial charge in [0.2, 0.25) is 6.29 Å². The molecule has 0 aromatic heterocycles. The van der Waals surface area contributed by atoms with Crippen molar-refractivity contribution in [3.8, 4) is 57.1 Å². The second kappa shape index (κ2) is 19.8. The Kier molecular flexibility index (Phi) is 14.5. The number of carbonyl (C=O) groups is 1. The first-order valence-electron chi connectivity index (χ1n) is 19.8. The van der Waals surface area contributed by atoms with E-state index in [2.05, 4.69) is 0 Å². The fraction of sp³-hybridized carbons (Fsp3) is 0.429. The third-order valence-electron chi connectivity index (χ3n) is 10.8. The Morgan fingerprint density at radius 1 is 0.692 bits per heavy atom. The summed E-state index contributed by atoms with van der Waals surface area (Å²) in [6.07, 6.45) is -22.9. The molecule has 0 bridgehead atoms. The minimum absolute atomic E-state index is 0.0309. The summed E-state index contributed by atoms with van der Waals surface area (Å²) in [4.78, 5) is 24.8. The van der Waals surface area contributed by atoms with E-state index in [1.54, 1.807) is 0 Å². The van der Waals surface area contributed by atoms with Gasteiger partial charge in [0.1, 0.15) is 79.2 Å². The Balaban J connectivity index is 1.12. The summed E-state index contributed by atoms with van der Waals surface area (Å²) in [5.41, 5.74) is -0.232. The minimum Gasteiger partial charge on any atom is -0.507 e. The van der Waals surface area contributed by atoms with Gasteiger partial charge in [-0.2, -0.15) is 0 Å². The standard InChI is InChI=1S/C42H46O23/c1-57-26-8-16(2-5-21(26)45)3-7-30(49)58-14-28-32(51)34(53)37(56)40(63-28)60-15-29-33(52)35(54)39(65-41-36(55)31(50)24(48)13-59-41)42(64-29)62-27-12-19-22(46)10-18(43)11-25(19)61-38(27)17-4-6-20(44)23(47)9-17/h2-12,24,28-29,31-37,39-42,44-48,50-56H,13-15H2,1H3/t24-,28+,29+,31+,32+,33+,34-,35-,36+,37+,39+,40+,41+,42+/m0/s1. The predicted octanol–water partition coefficient (Wildman–Crippen LogP) is -2.03. The van der Waals surface area contributed by atoms with Gasteiger partial charge >= 0.3 is 5.97 Å². The van der Waals surface area contributed by atoms with Crippen LogP contribution < -0.4 is 14.9 Å². The van der Waals surface area contributed by atoms with Crippen LogP contribution in [0.5, 0.6) is 34.5 Å². The fourth-order valence-electron chi connectivity index (χ4n) is 7.15. The van der Waals surface area contributed by atoms with Crippen molar-refractivity contribution in [1.82, 2.24) is 0 Å². The van der Waals surface area contributed by atoms with Crippen LogP contribution in [0.3, 0.4) is 0 Å². The Morgan fingerprint density at radius 2 is 1.38 bits per heavy atom. The molecule has 2 aromatic carbocycles. The second-order valence-corrected chi connectivity index (χ2v) is 15.2. The summed E-state index contributed by atoms with van der Waals surface area (Å²) in [6, 6.07) is 10.9. The number of benzene rings is 3. The van der Waals surface area contributed by atoms with Crippen LogP contribution in [0.25, 0.3) is 28.7 Å². The molecular formula is C42H46O23. The second-order valence-electron chi connectivity index (χ2n) is 15.2. The van der Waals surface area contributed by atoms with Crippen LogP contribution >= 0.6 is 0 Å². The molecule has 12 N–H and O–H groups in total. The Hall–Kier alpha value is -5.64. The molecule has 7 rings (SSSR count).